The Balaban J connectivity index is 1.62. The number of aliphatic imine (C=N–C) groups is 1. The molecule has 0 saturated heterocycles. The fourth-order valence-electron chi connectivity index (χ4n) is 3.86. The van der Waals surface area contributed by atoms with E-state index >= 15 is 0 Å². The third kappa shape index (κ3) is 4.06. The molecular formula is C21H21F3N2O3. The summed E-state index contributed by atoms with van der Waals surface area (Å²) in [5.74, 6) is -1.37. The number of dihydropyridines is 1. The van der Waals surface area contributed by atoms with Crippen LogP contribution in [0.4, 0.5) is 13.2 Å². The minimum atomic E-state index is -4.67. The molecule has 1 aliphatic carbocycles. The van der Waals surface area contributed by atoms with Gasteiger partial charge in [-0.3, -0.25) is 14.6 Å². The van der Waals surface area contributed by atoms with Gasteiger partial charge in [-0.25, -0.2) is 0 Å². The molecule has 1 amide bonds. The smallest absolute Gasteiger partial charge is 0.417 e. The van der Waals surface area contributed by atoms with Crippen LogP contribution in [0, 0.1) is 11.8 Å². The first-order valence-electron chi connectivity index (χ1n) is 9.74. The molecular weight excluding hydrogens is 385 g/mol. The minimum absolute atomic E-state index is 0.321. The first-order chi connectivity index (χ1) is 13.9. The summed E-state index contributed by atoms with van der Waals surface area (Å²) in [5.41, 5.74) is -0.901. The van der Waals surface area contributed by atoms with Crippen molar-refractivity contribution in [1.29, 1.82) is 0 Å². The number of benzene rings is 1. The fraction of sp³-hybridized carbons (Fsp3) is 0.476. The van der Waals surface area contributed by atoms with Crippen LogP contribution in [0.2, 0.25) is 0 Å². The molecule has 0 aromatic heterocycles. The number of allylic oxidation sites excluding steroid dienone is 1. The van der Waals surface area contributed by atoms with Crippen molar-refractivity contribution in [3.8, 4) is 0 Å². The summed E-state index contributed by atoms with van der Waals surface area (Å²) in [7, 11) is 0. The van der Waals surface area contributed by atoms with Gasteiger partial charge >= 0.3 is 6.18 Å². The van der Waals surface area contributed by atoms with Gasteiger partial charge in [-0.2, -0.15) is 13.2 Å². The Kier molecular flexibility index (Phi) is 5.19. The van der Waals surface area contributed by atoms with Gasteiger partial charge in [0, 0.05) is 18.7 Å². The zero-order valence-electron chi connectivity index (χ0n) is 15.7. The fourth-order valence-corrected chi connectivity index (χ4v) is 3.86. The van der Waals surface area contributed by atoms with Crippen molar-refractivity contribution >= 4 is 17.9 Å². The van der Waals surface area contributed by atoms with Crippen molar-refractivity contribution in [2.45, 2.75) is 38.0 Å². The number of hydrogen-bond acceptors (Lipinski definition) is 4. The van der Waals surface area contributed by atoms with Crippen LogP contribution in [0.15, 0.2) is 40.6 Å². The number of halogens is 3. The van der Waals surface area contributed by atoms with Crippen molar-refractivity contribution in [3.63, 3.8) is 0 Å². The lowest BCUT2D eigenvalue weighted by Crippen LogP contribution is -2.42. The molecule has 2 unspecified atom stereocenters. The molecule has 0 radical (unpaired) electrons. The Morgan fingerprint density at radius 2 is 1.97 bits per heavy atom. The van der Waals surface area contributed by atoms with E-state index in [0.717, 1.165) is 31.4 Å². The minimum Gasteiger partial charge on any atom is -0.478 e. The molecule has 0 bridgehead atoms. The second-order valence-corrected chi connectivity index (χ2v) is 7.62. The van der Waals surface area contributed by atoms with Crippen molar-refractivity contribution < 1.29 is 27.5 Å². The van der Waals surface area contributed by atoms with Crippen LogP contribution in [0.1, 0.15) is 41.6 Å². The maximum Gasteiger partial charge on any atom is 0.417 e. The van der Waals surface area contributed by atoms with Crippen molar-refractivity contribution in [3.05, 3.63) is 46.7 Å². The second kappa shape index (κ2) is 7.65. The topological polar surface area (TPSA) is 67.8 Å². The second-order valence-electron chi connectivity index (χ2n) is 7.62. The molecule has 8 heteroatoms. The molecule has 0 spiro atoms. The van der Waals surface area contributed by atoms with Crippen LogP contribution in [0.5, 0.6) is 0 Å². The van der Waals surface area contributed by atoms with E-state index in [4.69, 9.17) is 4.74 Å². The number of carbonyl (C=O) groups is 2. The van der Waals surface area contributed by atoms with E-state index in [1.54, 1.807) is 0 Å². The van der Waals surface area contributed by atoms with E-state index in [2.05, 4.69) is 10.3 Å². The molecule has 1 N–H and O–H groups in total. The Bertz CT molecular complexity index is 887. The molecule has 5 nitrogen and oxygen atoms in total. The normalized spacial score (nSPS) is 23.6. The highest BCUT2D eigenvalue weighted by Gasteiger charge is 2.47. The number of nitrogens with one attached hydrogen (secondary N) is 1. The Hall–Kier alpha value is -2.64. The molecule has 3 aliphatic rings. The first kappa shape index (κ1) is 19.7. The Labute approximate surface area is 166 Å². The Morgan fingerprint density at radius 1 is 1.21 bits per heavy atom. The predicted octanol–water partition coefficient (Wildman–Crippen LogP) is 3.55. The van der Waals surface area contributed by atoms with Crippen LogP contribution < -0.4 is 5.32 Å². The van der Waals surface area contributed by atoms with E-state index in [9.17, 15) is 22.8 Å². The summed E-state index contributed by atoms with van der Waals surface area (Å²) in [4.78, 5) is 30.1. The summed E-state index contributed by atoms with van der Waals surface area (Å²) in [6.07, 6.45) is -0.872. The number of nitrogens with zero attached hydrogens (tertiary/aromatic N) is 1. The summed E-state index contributed by atoms with van der Waals surface area (Å²) < 4.78 is 46.0. The molecule has 2 heterocycles. The van der Waals surface area contributed by atoms with Gasteiger partial charge in [0.2, 0.25) is 0 Å². The van der Waals surface area contributed by atoms with Gasteiger partial charge < -0.3 is 10.1 Å². The molecule has 2 aliphatic heterocycles. The first-order valence-corrected chi connectivity index (χ1v) is 9.74. The number of ketones is 1. The van der Waals surface area contributed by atoms with Crippen molar-refractivity contribution in [2.24, 2.45) is 16.8 Å². The number of hydrogen-bond donors (Lipinski definition) is 1. The molecule has 29 heavy (non-hydrogen) atoms. The van der Waals surface area contributed by atoms with Gasteiger partial charge in [0.1, 0.15) is 5.76 Å². The van der Waals surface area contributed by atoms with Gasteiger partial charge in [-0.15, -0.1) is 0 Å². The SMILES string of the molecule is O=C(NCCC1CC1)C1OC2=C(CCN=C2)C1C(=O)c1ccccc1C(F)(F)F. The molecule has 1 fully saturated rings. The number of alkyl halides is 3. The predicted molar refractivity (Wildman–Crippen MR) is 99.5 cm³/mol. The van der Waals surface area contributed by atoms with Crippen LogP contribution in [0.25, 0.3) is 0 Å². The summed E-state index contributed by atoms with van der Waals surface area (Å²) >= 11 is 0. The van der Waals surface area contributed by atoms with Crippen LogP contribution >= 0.6 is 0 Å². The van der Waals surface area contributed by atoms with Crippen molar-refractivity contribution in [2.75, 3.05) is 13.1 Å². The standard InChI is InChI=1S/C21H21F3N2O3/c22-21(23,24)15-4-2-1-3-13(15)18(27)17-14-8-9-25-11-16(14)29-19(17)20(28)26-10-7-12-5-6-12/h1-4,11-12,17,19H,5-10H2,(H,26,28). The van der Waals surface area contributed by atoms with Crippen molar-refractivity contribution in [1.82, 2.24) is 5.32 Å². The molecule has 1 saturated carbocycles. The number of amides is 1. The van der Waals surface area contributed by atoms with Gasteiger partial charge in [-0.1, -0.05) is 31.0 Å². The quantitative estimate of drug-likeness (QED) is 0.735. The molecule has 1 aromatic rings. The zero-order chi connectivity index (χ0) is 20.6. The lowest BCUT2D eigenvalue weighted by Gasteiger charge is -2.21. The largest absolute Gasteiger partial charge is 0.478 e. The Morgan fingerprint density at radius 3 is 2.69 bits per heavy atom. The molecule has 2 atom stereocenters. The van der Waals surface area contributed by atoms with E-state index in [0.29, 0.717) is 36.8 Å². The third-order valence-electron chi connectivity index (χ3n) is 5.55. The highest BCUT2D eigenvalue weighted by Crippen LogP contribution is 2.40. The maximum absolute atomic E-state index is 13.4. The van der Waals surface area contributed by atoms with E-state index in [1.807, 2.05) is 0 Å². The lowest BCUT2D eigenvalue weighted by atomic mass is 9.83. The maximum atomic E-state index is 13.4. The summed E-state index contributed by atoms with van der Waals surface area (Å²) in [6, 6.07) is 4.67. The van der Waals surface area contributed by atoms with Gasteiger partial charge in [-0.05, 0) is 30.4 Å². The number of Topliss-reactive ketones (excluding diaryl/α,β-unsaturated/α-hetero) is 1. The molecule has 154 valence electrons. The molecule has 4 rings (SSSR count). The average Bonchev–Trinajstić information content (AvgIpc) is 3.44. The van der Waals surface area contributed by atoms with Crippen LogP contribution in [-0.2, 0) is 15.7 Å². The number of rotatable bonds is 6. The van der Waals surface area contributed by atoms with E-state index in [1.165, 1.54) is 18.3 Å². The summed E-state index contributed by atoms with van der Waals surface area (Å²) in [5, 5.41) is 2.78. The highest BCUT2D eigenvalue weighted by atomic mass is 19.4. The number of carbonyl (C=O) groups excluding carboxylic acids is 2. The van der Waals surface area contributed by atoms with E-state index < -0.39 is 41.0 Å². The van der Waals surface area contributed by atoms with E-state index in [-0.39, 0.29) is 0 Å². The van der Waals surface area contributed by atoms with Gasteiger partial charge in [0.15, 0.2) is 11.9 Å². The zero-order valence-corrected chi connectivity index (χ0v) is 15.7. The average molecular weight is 406 g/mol. The van der Waals surface area contributed by atoms with Gasteiger partial charge in [0.25, 0.3) is 5.91 Å². The summed E-state index contributed by atoms with van der Waals surface area (Å²) in [6.45, 7) is 0.866. The highest BCUT2D eigenvalue weighted by molar-refractivity contribution is 6.05. The molecule has 1 aromatic carbocycles. The van der Waals surface area contributed by atoms with Crippen LogP contribution in [0.3, 0.4) is 0 Å². The van der Waals surface area contributed by atoms with Gasteiger partial charge in [0.05, 0.1) is 17.7 Å². The number of ether oxygens (including phenoxy) is 1. The third-order valence-corrected chi connectivity index (χ3v) is 5.55. The lowest BCUT2D eigenvalue weighted by molar-refractivity contribution is -0.137. The van der Waals surface area contributed by atoms with Crippen LogP contribution in [-0.4, -0.2) is 37.1 Å². The monoisotopic (exact) mass is 406 g/mol.